The Balaban J connectivity index is 1.69. The van der Waals surface area contributed by atoms with Gasteiger partial charge in [0.05, 0.1) is 20.4 Å². The Labute approximate surface area is 138 Å². The molecule has 4 aromatic rings. The highest BCUT2D eigenvalue weighted by Gasteiger charge is 2.09. The third-order valence-corrected chi connectivity index (χ3v) is 5.75. The smallest absolute Gasteiger partial charge is 0.190 e. The molecule has 0 bridgehead atoms. The second-order valence-electron chi connectivity index (χ2n) is 4.61. The fourth-order valence-corrected chi connectivity index (χ4v) is 4.50. The summed E-state index contributed by atoms with van der Waals surface area (Å²) in [7, 11) is 0. The van der Waals surface area contributed by atoms with Gasteiger partial charge in [-0.05, 0) is 42.7 Å². The summed E-state index contributed by atoms with van der Waals surface area (Å²) >= 11 is 4.73. The van der Waals surface area contributed by atoms with E-state index in [1.54, 1.807) is 29.2 Å². The van der Waals surface area contributed by atoms with Crippen LogP contribution < -0.4 is 5.32 Å². The van der Waals surface area contributed by atoms with Crippen LogP contribution in [-0.4, -0.2) is 16.2 Å². The van der Waals surface area contributed by atoms with Gasteiger partial charge < -0.3 is 5.32 Å². The standard InChI is InChI=1S/C15H10FN3S3/c1-20-9-3-5-11-13(7-9)22-15(18-11)19-14-17-10-4-2-8(16)6-12(10)21-14/h2-7H,1H3,(H,17,18,19). The van der Waals surface area contributed by atoms with E-state index in [1.165, 1.54) is 28.4 Å². The van der Waals surface area contributed by atoms with Gasteiger partial charge in [-0.15, -0.1) is 11.8 Å². The number of anilines is 2. The zero-order valence-corrected chi connectivity index (χ0v) is 13.9. The summed E-state index contributed by atoms with van der Waals surface area (Å²) in [5.74, 6) is -0.243. The molecule has 0 spiro atoms. The van der Waals surface area contributed by atoms with Gasteiger partial charge in [0.15, 0.2) is 10.3 Å². The van der Waals surface area contributed by atoms with E-state index in [2.05, 4.69) is 33.7 Å². The lowest BCUT2D eigenvalue weighted by Gasteiger charge is -1.93. The van der Waals surface area contributed by atoms with Crippen molar-refractivity contribution in [1.29, 1.82) is 0 Å². The van der Waals surface area contributed by atoms with Crippen LogP contribution in [0.15, 0.2) is 41.3 Å². The van der Waals surface area contributed by atoms with Gasteiger partial charge in [-0.2, -0.15) is 0 Å². The number of rotatable bonds is 3. The lowest BCUT2D eigenvalue weighted by atomic mass is 10.3. The van der Waals surface area contributed by atoms with Gasteiger partial charge in [0.1, 0.15) is 5.82 Å². The topological polar surface area (TPSA) is 37.8 Å². The van der Waals surface area contributed by atoms with E-state index in [0.29, 0.717) is 0 Å². The first-order chi connectivity index (χ1) is 10.7. The van der Waals surface area contributed by atoms with E-state index in [-0.39, 0.29) is 5.82 Å². The number of hydrogen-bond donors (Lipinski definition) is 1. The Morgan fingerprint density at radius 1 is 0.955 bits per heavy atom. The van der Waals surface area contributed by atoms with Crippen LogP contribution in [-0.2, 0) is 0 Å². The van der Waals surface area contributed by atoms with Gasteiger partial charge in [-0.3, -0.25) is 0 Å². The molecular weight excluding hydrogens is 337 g/mol. The minimum absolute atomic E-state index is 0.243. The number of benzene rings is 2. The summed E-state index contributed by atoms with van der Waals surface area (Å²) < 4.78 is 15.2. The number of hydrogen-bond acceptors (Lipinski definition) is 6. The highest BCUT2D eigenvalue weighted by atomic mass is 32.2. The highest BCUT2D eigenvalue weighted by Crippen LogP contribution is 2.33. The molecule has 7 heteroatoms. The molecular formula is C15H10FN3S3. The van der Waals surface area contributed by atoms with Crippen LogP contribution in [0.2, 0.25) is 0 Å². The molecule has 0 aliphatic heterocycles. The maximum absolute atomic E-state index is 13.2. The molecule has 3 nitrogen and oxygen atoms in total. The molecule has 2 heterocycles. The van der Waals surface area contributed by atoms with Crippen molar-refractivity contribution in [3.8, 4) is 0 Å². The Hall–Kier alpha value is -1.70. The Morgan fingerprint density at radius 3 is 2.27 bits per heavy atom. The molecule has 0 atom stereocenters. The van der Waals surface area contributed by atoms with E-state index in [4.69, 9.17) is 0 Å². The van der Waals surface area contributed by atoms with Gasteiger partial charge in [-0.25, -0.2) is 14.4 Å². The minimum Gasteiger partial charge on any atom is -0.307 e. The molecule has 0 fully saturated rings. The monoisotopic (exact) mass is 347 g/mol. The zero-order chi connectivity index (χ0) is 15.1. The van der Waals surface area contributed by atoms with Crippen molar-refractivity contribution in [2.24, 2.45) is 0 Å². The Kier molecular flexibility index (Phi) is 3.48. The summed E-state index contributed by atoms with van der Waals surface area (Å²) in [6, 6.07) is 10.8. The number of fused-ring (bicyclic) bond motifs is 2. The van der Waals surface area contributed by atoms with Crippen LogP contribution in [0.1, 0.15) is 0 Å². The van der Waals surface area contributed by atoms with E-state index in [0.717, 1.165) is 30.7 Å². The van der Waals surface area contributed by atoms with Crippen LogP contribution in [0.3, 0.4) is 0 Å². The molecule has 0 radical (unpaired) electrons. The van der Waals surface area contributed by atoms with Gasteiger partial charge in [0.2, 0.25) is 0 Å². The number of nitrogens with one attached hydrogen (secondary N) is 1. The van der Waals surface area contributed by atoms with E-state index >= 15 is 0 Å². The molecule has 2 aromatic heterocycles. The van der Waals surface area contributed by atoms with Crippen molar-refractivity contribution in [1.82, 2.24) is 9.97 Å². The molecule has 0 amide bonds. The largest absolute Gasteiger partial charge is 0.307 e. The van der Waals surface area contributed by atoms with Gasteiger partial charge in [-0.1, -0.05) is 22.7 Å². The molecule has 2 aromatic carbocycles. The van der Waals surface area contributed by atoms with Crippen LogP contribution in [0, 0.1) is 5.82 Å². The Bertz CT molecular complexity index is 977. The summed E-state index contributed by atoms with van der Waals surface area (Å²) in [5, 5.41) is 4.75. The number of aromatic nitrogens is 2. The summed E-state index contributed by atoms with van der Waals surface area (Å²) in [4.78, 5) is 10.2. The first-order valence-corrected chi connectivity index (χ1v) is 9.35. The average molecular weight is 347 g/mol. The van der Waals surface area contributed by atoms with E-state index in [9.17, 15) is 4.39 Å². The number of thioether (sulfide) groups is 1. The fourth-order valence-electron chi connectivity index (χ4n) is 2.13. The molecule has 0 saturated carbocycles. The van der Waals surface area contributed by atoms with Crippen molar-refractivity contribution in [2.45, 2.75) is 4.90 Å². The molecule has 22 heavy (non-hydrogen) atoms. The predicted molar refractivity (Wildman–Crippen MR) is 94.3 cm³/mol. The first-order valence-electron chi connectivity index (χ1n) is 6.49. The van der Waals surface area contributed by atoms with Crippen molar-refractivity contribution >= 4 is 65.1 Å². The maximum atomic E-state index is 13.2. The van der Waals surface area contributed by atoms with Crippen molar-refractivity contribution < 1.29 is 4.39 Å². The van der Waals surface area contributed by atoms with Crippen molar-refractivity contribution in [2.75, 3.05) is 11.6 Å². The van der Waals surface area contributed by atoms with Crippen LogP contribution in [0.25, 0.3) is 20.4 Å². The van der Waals surface area contributed by atoms with Gasteiger partial charge in [0.25, 0.3) is 0 Å². The Morgan fingerprint density at radius 2 is 1.59 bits per heavy atom. The average Bonchev–Trinajstić information content (AvgIpc) is 3.08. The SMILES string of the molecule is CSc1ccc2nc(Nc3nc4ccc(F)cc4s3)sc2c1. The normalized spacial score (nSPS) is 11.4. The van der Waals surface area contributed by atoms with Crippen LogP contribution in [0.5, 0.6) is 0 Å². The third kappa shape index (κ3) is 2.55. The van der Waals surface area contributed by atoms with Crippen LogP contribution in [0.4, 0.5) is 14.7 Å². The predicted octanol–water partition coefficient (Wildman–Crippen LogP) is 5.51. The molecule has 0 unspecified atom stereocenters. The fraction of sp³-hybridized carbons (Fsp3) is 0.0667. The van der Waals surface area contributed by atoms with E-state index in [1.807, 2.05) is 6.07 Å². The number of nitrogens with zero attached hydrogens (tertiary/aromatic N) is 2. The number of thiazole rings is 2. The van der Waals surface area contributed by atoms with E-state index < -0.39 is 0 Å². The van der Waals surface area contributed by atoms with Crippen molar-refractivity contribution in [3.05, 3.63) is 42.2 Å². The molecule has 0 saturated heterocycles. The quantitative estimate of drug-likeness (QED) is 0.496. The summed E-state index contributed by atoms with van der Waals surface area (Å²) in [6.07, 6.45) is 2.06. The zero-order valence-electron chi connectivity index (χ0n) is 11.5. The molecule has 0 aliphatic rings. The molecule has 0 aliphatic carbocycles. The molecule has 4 rings (SSSR count). The second kappa shape index (κ2) is 5.49. The van der Waals surface area contributed by atoms with Crippen molar-refractivity contribution in [3.63, 3.8) is 0 Å². The second-order valence-corrected chi connectivity index (χ2v) is 7.55. The van der Waals surface area contributed by atoms with Gasteiger partial charge >= 0.3 is 0 Å². The molecule has 110 valence electrons. The van der Waals surface area contributed by atoms with Crippen LogP contribution >= 0.6 is 34.4 Å². The summed E-state index contributed by atoms with van der Waals surface area (Å²) in [6.45, 7) is 0. The van der Waals surface area contributed by atoms with Gasteiger partial charge in [0, 0.05) is 4.90 Å². The minimum atomic E-state index is -0.243. The maximum Gasteiger partial charge on any atom is 0.190 e. The lowest BCUT2D eigenvalue weighted by Crippen LogP contribution is -1.87. The lowest BCUT2D eigenvalue weighted by molar-refractivity contribution is 0.630. The number of halogens is 1. The molecule has 1 N–H and O–H groups in total. The first kappa shape index (κ1) is 13.9. The summed E-state index contributed by atoms with van der Waals surface area (Å²) in [5.41, 5.74) is 1.76. The highest BCUT2D eigenvalue weighted by molar-refractivity contribution is 7.98. The third-order valence-electron chi connectivity index (χ3n) is 3.16.